The van der Waals surface area contributed by atoms with Gasteiger partial charge in [0.1, 0.15) is 0 Å². The maximum Gasteiger partial charge on any atom is 0.246 e. The van der Waals surface area contributed by atoms with Gasteiger partial charge >= 0.3 is 0 Å². The summed E-state index contributed by atoms with van der Waals surface area (Å²) in [5, 5.41) is 0. The van der Waals surface area contributed by atoms with Gasteiger partial charge in [0, 0.05) is 17.6 Å². The van der Waals surface area contributed by atoms with E-state index in [9.17, 15) is 4.79 Å². The second-order valence-electron chi connectivity index (χ2n) is 4.48. The van der Waals surface area contributed by atoms with Gasteiger partial charge in [-0.05, 0) is 23.3 Å². The van der Waals surface area contributed by atoms with Crippen LogP contribution in [0, 0.1) is 0 Å². The molecule has 0 aliphatic heterocycles. The van der Waals surface area contributed by atoms with Crippen LogP contribution in [0.1, 0.15) is 11.1 Å². The van der Waals surface area contributed by atoms with Gasteiger partial charge in [0.15, 0.2) is 0 Å². The van der Waals surface area contributed by atoms with E-state index in [0.717, 1.165) is 15.6 Å². The third kappa shape index (κ3) is 3.81. The highest BCUT2D eigenvalue weighted by Gasteiger charge is 2.12. The Balaban J connectivity index is 2.18. The minimum Gasteiger partial charge on any atom is -0.330 e. The monoisotopic (exact) mass is 329 g/mol. The molecule has 0 aromatic heterocycles. The summed E-state index contributed by atoms with van der Waals surface area (Å²) in [5.41, 5.74) is 2.19. The molecule has 0 spiro atoms. The van der Waals surface area contributed by atoms with Crippen LogP contribution in [-0.4, -0.2) is 10.8 Å². The fourth-order valence-corrected chi connectivity index (χ4v) is 2.39. The van der Waals surface area contributed by atoms with Gasteiger partial charge in [0.25, 0.3) is 0 Å². The second-order valence-corrected chi connectivity index (χ2v) is 5.33. The van der Waals surface area contributed by atoms with E-state index in [1.807, 2.05) is 54.6 Å². The summed E-state index contributed by atoms with van der Waals surface area (Å²) in [7, 11) is 0. The number of carbonyl (C=O) groups excluding carboxylic acids is 1. The lowest BCUT2D eigenvalue weighted by Crippen LogP contribution is -2.28. The van der Waals surface area contributed by atoms with Crippen molar-refractivity contribution in [2.45, 2.75) is 13.1 Å². The smallest absolute Gasteiger partial charge is 0.246 e. The SMILES string of the molecule is C=CC(=O)N(Cc1ccccc1)Cc1ccccc1Br. The van der Waals surface area contributed by atoms with Crippen molar-refractivity contribution in [1.29, 1.82) is 0 Å². The molecule has 0 saturated heterocycles. The Hall–Kier alpha value is -1.87. The van der Waals surface area contributed by atoms with Crippen molar-refractivity contribution in [3.05, 3.63) is 82.9 Å². The van der Waals surface area contributed by atoms with E-state index in [-0.39, 0.29) is 5.91 Å². The Morgan fingerprint density at radius 1 is 1.05 bits per heavy atom. The number of amides is 1. The molecule has 0 aliphatic rings. The van der Waals surface area contributed by atoms with E-state index in [1.54, 1.807) is 4.90 Å². The predicted octanol–water partition coefficient (Wildman–Crippen LogP) is 4.16. The Kier molecular flexibility index (Phi) is 5.13. The van der Waals surface area contributed by atoms with Crippen molar-refractivity contribution in [3.63, 3.8) is 0 Å². The van der Waals surface area contributed by atoms with E-state index in [1.165, 1.54) is 6.08 Å². The molecule has 0 N–H and O–H groups in total. The van der Waals surface area contributed by atoms with Crippen molar-refractivity contribution >= 4 is 21.8 Å². The van der Waals surface area contributed by atoms with Crippen LogP contribution in [0.5, 0.6) is 0 Å². The number of carbonyl (C=O) groups is 1. The van der Waals surface area contributed by atoms with Crippen molar-refractivity contribution in [1.82, 2.24) is 4.90 Å². The van der Waals surface area contributed by atoms with Gasteiger partial charge in [-0.1, -0.05) is 71.0 Å². The molecule has 0 bridgehead atoms. The van der Waals surface area contributed by atoms with Crippen molar-refractivity contribution in [2.75, 3.05) is 0 Å². The molecule has 0 radical (unpaired) electrons. The molecule has 2 rings (SSSR count). The van der Waals surface area contributed by atoms with Gasteiger partial charge in [0.2, 0.25) is 5.91 Å². The fraction of sp³-hybridized carbons (Fsp3) is 0.118. The summed E-state index contributed by atoms with van der Waals surface area (Å²) in [6.07, 6.45) is 1.36. The van der Waals surface area contributed by atoms with Gasteiger partial charge in [-0.25, -0.2) is 0 Å². The molecular formula is C17H16BrNO. The number of hydrogen-bond acceptors (Lipinski definition) is 1. The van der Waals surface area contributed by atoms with Crippen LogP contribution in [0.3, 0.4) is 0 Å². The molecule has 0 fully saturated rings. The number of benzene rings is 2. The first kappa shape index (κ1) is 14.5. The van der Waals surface area contributed by atoms with Crippen LogP contribution in [0.4, 0.5) is 0 Å². The molecule has 2 nitrogen and oxygen atoms in total. The minimum atomic E-state index is -0.0652. The highest BCUT2D eigenvalue weighted by molar-refractivity contribution is 9.10. The van der Waals surface area contributed by atoms with Crippen LogP contribution < -0.4 is 0 Å². The van der Waals surface area contributed by atoms with E-state index in [2.05, 4.69) is 22.5 Å². The third-order valence-electron chi connectivity index (χ3n) is 3.02. The van der Waals surface area contributed by atoms with Gasteiger partial charge < -0.3 is 4.90 Å². The molecule has 0 aliphatic carbocycles. The fourth-order valence-electron chi connectivity index (χ4n) is 1.98. The molecule has 0 unspecified atom stereocenters. The molecule has 2 aromatic rings. The lowest BCUT2D eigenvalue weighted by molar-refractivity contribution is -0.127. The van der Waals surface area contributed by atoms with E-state index in [0.29, 0.717) is 13.1 Å². The Morgan fingerprint density at radius 2 is 1.70 bits per heavy atom. The number of halogens is 1. The van der Waals surface area contributed by atoms with E-state index in [4.69, 9.17) is 0 Å². The second kappa shape index (κ2) is 7.06. The van der Waals surface area contributed by atoms with E-state index >= 15 is 0 Å². The Bertz CT molecular complexity index is 595. The van der Waals surface area contributed by atoms with Gasteiger partial charge in [-0.2, -0.15) is 0 Å². The van der Waals surface area contributed by atoms with Crippen LogP contribution in [0.15, 0.2) is 71.7 Å². The first-order chi connectivity index (χ1) is 9.70. The van der Waals surface area contributed by atoms with Gasteiger partial charge in [-0.15, -0.1) is 0 Å². The molecule has 1 amide bonds. The summed E-state index contributed by atoms with van der Waals surface area (Å²) in [5.74, 6) is -0.0652. The molecular weight excluding hydrogens is 314 g/mol. The highest BCUT2D eigenvalue weighted by Crippen LogP contribution is 2.19. The molecule has 20 heavy (non-hydrogen) atoms. The Labute approximate surface area is 127 Å². The average molecular weight is 330 g/mol. The normalized spacial score (nSPS) is 10.1. The largest absolute Gasteiger partial charge is 0.330 e. The summed E-state index contributed by atoms with van der Waals surface area (Å²) >= 11 is 3.52. The standard InChI is InChI=1S/C17H16BrNO/c1-2-17(20)19(12-14-8-4-3-5-9-14)13-15-10-6-7-11-16(15)18/h2-11H,1,12-13H2. The quantitative estimate of drug-likeness (QED) is 0.754. The van der Waals surface area contributed by atoms with Crippen molar-refractivity contribution in [3.8, 4) is 0 Å². The Morgan fingerprint density at radius 3 is 2.35 bits per heavy atom. The average Bonchev–Trinajstić information content (AvgIpc) is 2.49. The van der Waals surface area contributed by atoms with E-state index < -0.39 is 0 Å². The topological polar surface area (TPSA) is 20.3 Å². The van der Waals surface area contributed by atoms with Crippen LogP contribution in [0.2, 0.25) is 0 Å². The molecule has 0 atom stereocenters. The third-order valence-corrected chi connectivity index (χ3v) is 3.80. The number of hydrogen-bond donors (Lipinski definition) is 0. The van der Waals surface area contributed by atoms with Crippen molar-refractivity contribution < 1.29 is 4.79 Å². The lowest BCUT2D eigenvalue weighted by Gasteiger charge is -2.22. The number of rotatable bonds is 5. The zero-order valence-electron chi connectivity index (χ0n) is 11.1. The summed E-state index contributed by atoms with van der Waals surface area (Å²) < 4.78 is 1.01. The maximum atomic E-state index is 12.0. The van der Waals surface area contributed by atoms with Crippen LogP contribution in [-0.2, 0) is 17.9 Å². The number of nitrogens with zero attached hydrogens (tertiary/aromatic N) is 1. The summed E-state index contributed by atoms with van der Waals surface area (Å²) in [4.78, 5) is 13.8. The maximum absolute atomic E-state index is 12.0. The molecule has 102 valence electrons. The van der Waals surface area contributed by atoms with Gasteiger partial charge in [-0.3, -0.25) is 4.79 Å². The zero-order chi connectivity index (χ0) is 14.4. The van der Waals surface area contributed by atoms with Crippen LogP contribution in [0.25, 0.3) is 0 Å². The molecule has 0 saturated carbocycles. The summed E-state index contributed by atoms with van der Waals surface area (Å²) in [6, 6.07) is 17.9. The minimum absolute atomic E-state index is 0.0652. The lowest BCUT2D eigenvalue weighted by atomic mass is 10.1. The summed E-state index contributed by atoms with van der Waals surface area (Å²) in [6.45, 7) is 4.72. The molecule has 3 heteroatoms. The molecule has 0 heterocycles. The predicted molar refractivity (Wildman–Crippen MR) is 85.0 cm³/mol. The highest BCUT2D eigenvalue weighted by atomic mass is 79.9. The zero-order valence-corrected chi connectivity index (χ0v) is 12.7. The first-order valence-electron chi connectivity index (χ1n) is 6.39. The molecule has 2 aromatic carbocycles. The van der Waals surface area contributed by atoms with Gasteiger partial charge in [0.05, 0.1) is 0 Å². The van der Waals surface area contributed by atoms with Crippen molar-refractivity contribution in [2.24, 2.45) is 0 Å². The van der Waals surface area contributed by atoms with Crippen LogP contribution >= 0.6 is 15.9 Å². The first-order valence-corrected chi connectivity index (χ1v) is 7.18.